The van der Waals surface area contributed by atoms with Crippen LogP contribution in [0, 0.1) is 6.92 Å². The largest absolute Gasteiger partial charge is 0.480 e. The Labute approximate surface area is 79.6 Å². The third-order valence-electron chi connectivity index (χ3n) is 2.29. The van der Waals surface area contributed by atoms with Crippen LogP contribution in [0.5, 0.6) is 0 Å². The molecule has 0 fully saturated rings. The number of aromatic nitrogens is 2. The predicted molar refractivity (Wildman–Crippen MR) is 46.0 cm³/mol. The van der Waals surface area contributed by atoms with Gasteiger partial charge in [-0.1, -0.05) is 0 Å². The van der Waals surface area contributed by atoms with Gasteiger partial charge in [0.15, 0.2) is 0 Å². The quantitative estimate of drug-likeness (QED) is 0.647. The Morgan fingerprint density at radius 1 is 1.79 bits per heavy atom. The third-order valence-corrected chi connectivity index (χ3v) is 2.29. The average molecular weight is 195 g/mol. The van der Waals surface area contributed by atoms with Gasteiger partial charge in [0.1, 0.15) is 12.4 Å². The van der Waals surface area contributed by atoms with Crippen LogP contribution in [0.3, 0.4) is 0 Å². The number of carboxylic acids is 1. The van der Waals surface area contributed by atoms with E-state index in [1.807, 2.05) is 0 Å². The Morgan fingerprint density at radius 3 is 3.14 bits per heavy atom. The van der Waals surface area contributed by atoms with Crippen molar-refractivity contribution in [3.05, 3.63) is 17.7 Å². The Bertz CT molecular complexity index is 410. The molecule has 6 heteroatoms. The molecule has 0 aliphatic carbocycles. The Morgan fingerprint density at radius 2 is 2.50 bits per heavy atom. The summed E-state index contributed by atoms with van der Waals surface area (Å²) in [5.74, 6) is -1.02. The number of amides is 1. The molecule has 1 atom stereocenters. The molecular weight excluding hydrogens is 186 g/mol. The number of aryl methyl sites for hydroxylation is 1. The van der Waals surface area contributed by atoms with Gasteiger partial charge in [-0.05, 0) is 6.92 Å². The predicted octanol–water partition coefficient (Wildman–Crippen LogP) is -0.241. The molecule has 1 aliphatic heterocycles. The molecule has 2 heterocycles. The number of rotatable bonds is 1. The number of hydrogen-bond acceptors (Lipinski definition) is 3. The van der Waals surface area contributed by atoms with E-state index in [2.05, 4.69) is 10.3 Å². The maximum atomic E-state index is 11.4. The van der Waals surface area contributed by atoms with Crippen LogP contribution in [0.2, 0.25) is 0 Å². The zero-order valence-electron chi connectivity index (χ0n) is 7.52. The summed E-state index contributed by atoms with van der Waals surface area (Å²) in [4.78, 5) is 26.0. The van der Waals surface area contributed by atoms with E-state index in [-0.39, 0.29) is 6.42 Å². The van der Waals surface area contributed by atoms with E-state index >= 15 is 0 Å². The molecule has 2 rings (SSSR count). The van der Waals surface area contributed by atoms with E-state index in [1.54, 1.807) is 6.92 Å². The third kappa shape index (κ3) is 1.15. The highest BCUT2D eigenvalue weighted by molar-refractivity contribution is 5.86. The number of carbonyl (C=O) groups is 2. The maximum Gasteiger partial charge on any atom is 0.327 e. The summed E-state index contributed by atoms with van der Waals surface area (Å²) < 4.78 is 1.34. The molecule has 0 bridgehead atoms. The van der Waals surface area contributed by atoms with Gasteiger partial charge in [0.2, 0.25) is 0 Å². The van der Waals surface area contributed by atoms with Crippen LogP contribution in [-0.4, -0.2) is 32.7 Å². The molecule has 14 heavy (non-hydrogen) atoms. The number of nitrogens with zero attached hydrogens (tertiary/aromatic N) is 2. The highest BCUT2D eigenvalue weighted by atomic mass is 16.4. The minimum atomic E-state index is -1.02. The molecule has 1 aromatic rings. The number of nitrogens with one attached hydrogen (secondary N) is 1. The van der Waals surface area contributed by atoms with Crippen LogP contribution in [0.4, 0.5) is 4.79 Å². The number of fused-ring (bicyclic) bond motifs is 1. The number of carbonyl (C=O) groups excluding carboxylic acids is 1. The van der Waals surface area contributed by atoms with Gasteiger partial charge >= 0.3 is 12.0 Å². The molecule has 0 aromatic carbocycles. The molecule has 1 aliphatic rings. The fourth-order valence-corrected chi connectivity index (χ4v) is 1.50. The van der Waals surface area contributed by atoms with Crippen molar-refractivity contribution in [3.8, 4) is 0 Å². The molecule has 1 aromatic heterocycles. The molecule has 0 saturated carbocycles. The fourth-order valence-electron chi connectivity index (χ4n) is 1.50. The van der Waals surface area contributed by atoms with Crippen molar-refractivity contribution in [2.75, 3.05) is 0 Å². The average Bonchev–Trinajstić information content (AvgIpc) is 2.48. The summed E-state index contributed by atoms with van der Waals surface area (Å²) in [5, 5.41) is 11.1. The lowest BCUT2D eigenvalue weighted by Gasteiger charge is -2.21. The fraction of sp³-hybridized carbons (Fsp3) is 0.375. The summed E-state index contributed by atoms with van der Waals surface area (Å²) >= 11 is 0. The van der Waals surface area contributed by atoms with Gasteiger partial charge in [0, 0.05) is 6.42 Å². The van der Waals surface area contributed by atoms with Gasteiger partial charge in [0.05, 0.1) is 11.4 Å². The van der Waals surface area contributed by atoms with Crippen molar-refractivity contribution in [1.29, 1.82) is 0 Å². The summed E-state index contributed by atoms with van der Waals surface area (Å²) in [6.07, 6.45) is 1.69. The minimum absolute atomic E-state index is 0.285. The number of carboxylic acid groups (broad SMARTS) is 1. The maximum absolute atomic E-state index is 11.4. The normalized spacial score (nSPS) is 20.1. The molecular formula is C8H9N3O3. The van der Waals surface area contributed by atoms with Crippen LogP contribution in [0.15, 0.2) is 6.33 Å². The van der Waals surface area contributed by atoms with Crippen molar-refractivity contribution in [2.45, 2.75) is 19.4 Å². The van der Waals surface area contributed by atoms with Crippen molar-refractivity contribution >= 4 is 12.0 Å². The monoisotopic (exact) mass is 195 g/mol. The molecule has 1 unspecified atom stereocenters. The summed E-state index contributed by atoms with van der Waals surface area (Å²) in [7, 11) is 0. The number of imidazole rings is 1. The van der Waals surface area contributed by atoms with E-state index in [4.69, 9.17) is 5.11 Å². The molecule has 74 valence electrons. The van der Waals surface area contributed by atoms with Crippen molar-refractivity contribution in [3.63, 3.8) is 0 Å². The Kier molecular flexibility index (Phi) is 1.77. The smallest absolute Gasteiger partial charge is 0.327 e. The van der Waals surface area contributed by atoms with Gasteiger partial charge in [0.25, 0.3) is 0 Å². The lowest BCUT2D eigenvalue weighted by atomic mass is 10.1. The number of aliphatic carboxylic acids is 1. The summed E-state index contributed by atoms with van der Waals surface area (Å²) in [6.45, 7) is 1.75. The zero-order valence-corrected chi connectivity index (χ0v) is 7.52. The second kappa shape index (κ2) is 2.83. The molecule has 1 amide bonds. The van der Waals surface area contributed by atoms with E-state index < -0.39 is 18.0 Å². The summed E-state index contributed by atoms with van der Waals surface area (Å²) in [5.41, 5.74) is 1.37. The first-order valence-electron chi connectivity index (χ1n) is 4.16. The van der Waals surface area contributed by atoms with Crippen LogP contribution < -0.4 is 5.32 Å². The second-order valence-electron chi connectivity index (χ2n) is 3.19. The standard InChI is InChI=1S/C8H9N3O3/c1-4-6-2-5(7(12)13)10-8(14)11(6)3-9-4/h3,5H,2H2,1H3,(H,10,14)(H,12,13). The van der Waals surface area contributed by atoms with E-state index in [9.17, 15) is 9.59 Å². The summed E-state index contributed by atoms with van der Waals surface area (Å²) in [6, 6.07) is -1.27. The SMILES string of the molecule is Cc1ncn2c1CC(C(=O)O)NC2=O. The van der Waals surface area contributed by atoms with Crippen LogP contribution in [-0.2, 0) is 11.2 Å². The highest BCUT2D eigenvalue weighted by Crippen LogP contribution is 2.13. The van der Waals surface area contributed by atoms with Crippen molar-refractivity contribution < 1.29 is 14.7 Å². The van der Waals surface area contributed by atoms with Gasteiger partial charge in [-0.25, -0.2) is 14.6 Å². The second-order valence-corrected chi connectivity index (χ2v) is 3.19. The van der Waals surface area contributed by atoms with Gasteiger partial charge in [-0.2, -0.15) is 0 Å². The van der Waals surface area contributed by atoms with E-state index in [0.717, 1.165) is 0 Å². The Balaban J connectivity index is 2.40. The van der Waals surface area contributed by atoms with Gasteiger partial charge < -0.3 is 10.4 Å². The van der Waals surface area contributed by atoms with Gasteiger partial charge in [-0.15, -0.1) is 0 Å². The zero-order chi connectivity index (χ0) is 10.3. The Hall–Kier alpha value is -1.85. The molecule has 0 saturated heterocycles. The first-order valence-corrected chi connectivity index (χ1v) is 4.16. The molecule has 6 nitrogen and oxygen atoms in total. The first-order chi connectivity index (χ1) is 6.59. The molecule has 0 spiro atoms. The van der Waals surface area contributed by atoms with Gasteiger partial charge in [-0.3, -0.25) is 4.57 Å². The van der Waals surface area contributed by atoms with Crippen molar-refractivity contribution in [2.24, 2.45) is 0 Å². The van der Waals surface area contributed by atoms with E-state index in [0.29, 0.717) is 11.4 Å². The van der Waals surface area contributed by atoms with Crippen LogP contribution >= 0.6 is 0 Å². The minimum Gasteiger partial charge on any atom is -0.480 e. The van der Waals surface area contributed by atoms with E-state index in [1.165, 1.54) is 10.9 Å². The molecule has 0 radical (unpaired) electrons. The van der Waals surface area contributed by atoms with Crippen molar-refractivity contribution in [1.82, 2.24) is 14.9 Å². The lowest BCUT2D eigenvalue weighted by molar-refractivity contribution is -0.139. The van der Waals surface area contributed by atoms with Crippen LogP contribution in [0.25, 0.3) is 0 Å². The topological polar surface area (TPSA) is 84.2 Å². The number of hydrogen-bond donors (Lipinski definition) is 2. The molecule has 2 N–H and O–H groups in total. The highest BCUT2D eigenvalue weighted by Gasteiger charge is 2.29. The van der Waals surface area contributed by atoms with Crippen LogP contribution in [0.1, 0.15) is 11.4 Å². The first kappa shape index (κ1) is 8.74. The lowest BCUT2D eigenvalue weighted by Crippen LogP contribution is -2.48.